The van der Waals surface area contributed by atoms with Crippen LogP contribution in [0.1, 0.15) is 18.2 Å². The van der Waals surface area contributed by atoms with Crippen molar-refractivity contribution in [3.63, 3.8) is 0 Å². The van der Waals surface area contributed by atoms with Gasteiger partial charge in [-0.25, -0.2) is 4.98 Å². The molecule has 124 valence electrons. The van der Waals surface area contributed by atoms with Crippen molar-refractivity contribution in [2.45, 2.75) is 19.8 Å². The van der Waals surface area contributed by atoms with Gasteiger partial charge in [0.05, 0.1) is 12.1 Å². The lowest BCUT2D eigenvalue weighted by Crippen LogP contribution is -2.46. The molecule has 1 fully saturated rings. The Hall–Kier alpha value is -1.43. The van der Waals surface area contributed by atoms with Crippen LogP contribution in [0.5, 0.6) is 0 Å². The first-order valence-corrected chi connectivity index (χ1v) is 8.66. The molecule has 1 aromatic carbocycles. The van der Waals surface area contributed by atoms with Gasteiger partial charge in [-0.3, -0.25) is 4.79 Å². The van der Waals surface area contributed by atoms with Crippen molar-refractivity contribution in [2.75, 3.05) is 26.2 Å². The zero-order chi connectivity index (χ0) is 15.4. The SMILES string of the molecule is CCc1ccc(-c2nc(CC(=O)N3CCNCC3)cs2)cc1.Cl. The molecule has 0 unspecified atom stereocenters. The molecule has 1 aliphatic heterocycles. The average Bonchev–Trinajstić information content (AvgIpc) is 3.04. The first-order chi connectivity index (χ1) is 10.8. The van der Waals surface area contributed by atoms with Crippen LogP contribution in [0.2, 0.25) is 0 Å². The third-order valence-electron chi connectivity index (χ3n) is 3.96. The van der Waals surface area contributed by atoms with Crippen molar-refractivity contribution in [1.29, 1.82) is 0 Å². The smallest absolute Gasteiger partial charge is 0.228 e. The monoisotopic (exact) mass is 351 g/mol. The topological polar surface area (TPSA) is 45.2 Å². The molecule has 0 atom stereocenters. The first kappa shape index (κ1) is 17.9. The molecule has 0 spiro atoms. The van der Waals surface area contributed by atoms with Crippen molar-refractivity contribution in [3.8, 4) is 10.6 Å². The predicted octanol–water partition coefficient (Wildman–Crippen LogP) is 2.77. The van der Waals surface area contributed by atoms with Crippen LogP contribution in [0, 0.1) is 0 Å². The fraction of sp³-hybridized carbons (Fsp3) is 0.412. The summed E-state index contributed by atoms with van der Waals surface area (Å²) in [6, 6.07) is 8.50. The van der Waals surface area contributed by atoms with Crippen molar-refractivity contribution in [3.05, 3.63) is 40.9 Å². The Bertz CT molecular complexity index is 636. The largest absolute Gasteiger partial charge is 0.340 e. The fourth-order valence-electron chi connectivity index (χ4n) is 2.58. The number of nitrogens with zero attached hydrogens (tertiary/aromatic N) is 2. The Labute approximate surface area is 147 Å². The molecular formula is C17H22ClN3OS. The summed E-state index contributed by atoms with van der Waals surface area (Å²) < 4.78 is 0. The van der Waals surface area contributed by atoms with Crippen LogP contribution in [0.25, 0.3) is 10.6 Å². The van der Waals surface area contributed by atoms with Gasteiger partial charge in [-0.2, -0.15) is 0 Å². The van der Waals surface area contributed by atoms with E-state index in [9.17, 15) is 4.79 Å². The number of amides is 1. The maximum atomic E-state index is 12.3. The second kappa shape index (κ2) is 8.43. The van der Waals surface area contributed by atoms with Crippen molar-refractivity contribution >= 4 is 29.7 Å². The zero-order valence-electron chi connectivity index (χ0n) is 13.2. The maximum Gasteiger partial charge on any atom is 0.228 e. The number of aryl methyl sites for hydroxylation is 1. The van der Waals surface area contributed by atoms with E-state index in [1.165, 1.54) is 5.56 Å². The van der Waals surface area contributed by atoms with Crippen molar-refractivity contribution < 1.29 is 4.79 Å². The molecule has 1 N–H and O–H groups in total. The highest BCUT2D eigenvalue weighted by molar-refractivity contribution is 7.13. The van der Waals surface area contributed by atoms with E-state index in [4.69, 9.17) is 0 Å². The molecule has 6 heteroatoms. The molecule has 4 nitrogen and oxygen atoms in total. The summed E-state index contributed by atoms with van der Waals surface area (Å²) in [5.74, 6) is 0.180. The molecule has 23 heavy (non-hydrogen) atoms. The number of benzene rings is 1. The highest BCUT2D eigenvalue weighted by atomic mass is 35.5. The van der Waals surface area contributed by atoms with Gasteiger partial charge in [0.2, 0.25) is 5.91 Å². The van der Waals surface area contributed by atoms with Crippen molar-refractivity contribution in [1.82, 2.24) is 15.2 Å². The van der Waals surface area contributed by atoms with Gasteiger partial charge in [0.1, 0.15) is 5.01 Å². The number of thiazole rings is 1. The van der Waals surface area contributed by atoms with Gasteiger partial charge >= 0.3 is 0 Å². The van der Waals surface area contributed by atoms with E-state index in [-0.39, 0.29) is 18.3 Å². The lowest BCUT2D eigenvalue weighted by atomic mass is 10.1. The number of rotatable bonds is 4. The highest BCUT2D eigenvalue weighted by Gasteiger charge is 2.17. The number of aromatic nitrogens is 1. The lowest BCUT2D eigenvalue weighted by Gasteiger charge is -2.27. The minimum atomic E-state index is 0. The summed E-state index contributed by atoms with van der Waals surface area (Å²) in [5.41, 5.74) is 3.33. The molecule has 1 amide bonds. The summed E-state index contributed by atoms with van der Waals surface area (Å²) >= 11 is 1.61. The van der Waals surface area contributed by atoms with Gasteiger partial charge in [0.15, 0.2) is 0 Å². The molecule has 1 aliphatic rings. The fourth-order valence-corrected chi connectivity index (χ4v) is 3.41. The van der Waals surface area contributed by atoms with Crippen LogP contribution in [0.3, 0.4) is 0 Å². The number of halogens is 1. The number of carbonyl (C=O) groups is 1. The molecule has 1 saturated heterocycles. The van der Waals surface area contributed by atoms with Gasteiger partial charge in [-0.05, 0) is 12.0 Å². The minimum Gasteiger partial charge on any atom is -0.340 e. The quantitative estimate of drug-likeness (QED) is 0.921. The number of carbonyl (C=O) groups excluding carboxylic acids is 1. The number of piperazine rings is 1. The average molecular weight is 352 g/mol. The summed E-state index contributed by atoms with van der Waals surface area (Å²) in [7, 11) is 0. The zero-order valence-corrected chi connectivity index (χ0v) is 14.9. The Morgan fingerprint density at radius 2 is 1.96 bits per heavy atom. The third-order valence-corrected chi connectivity index (χ3v) is 4.90. The lowest BCUT2D eigenvalue weighted by molar-refractivity contribution is -0.131. The van der Waals surface area contributed by atoms with Crippen molar-refractivity contribution in [2.24, 2.45) is 0 Å². The number of nitrogens with one attached hydrogen (secondary N) is 1. The van der Waals surface area contributed by atoms with E-state index in [1.807, 2.05) is 10.3 Å². The summed E-state index contributed by atoms with van der Waals surface area (Å²) in [6.45, 7) is 5.52. The summed E-state index contributed by atoms with van der Waals surface area (Å²) in [6.07, 6.45) is 1.45. The first-order valence-electron chi connectivity index (χ1n) is 7.78. The Kier molecular flexibility index (Phi) is 6.57. The Morgan fingerprint density at radius 3 is 2.61 bits per heavy atom. The third kappa shape index (κ3) is 4.53. The number of hydrogen-bond acceptors (Lipinski definition) is 4. The molecule has 0 bridgehead atoms. The van der Waals surface area contributed by atoms with Crippen LogP contribution >= 0.6 is 23.7 Å². The number of hydrogen-bond donors (Lipinski definition) is 1. The molecule has 2 heterocycles. The van der Waals surface area contributed by atoms with Gasteiger partial charge in [-0.15, -0.1) is 23.7 Å². The molecule has 0 radical (unpaired) electrons. The normalized spacial score (nSPS) is 14.4. The molecular weight excluding hydrogens is 330 g/mol. The van der Waals surface area contributed by atoms with Crippen LogP contribution in [0.4, 0.5) is 0 Å². The Balaban J connectivity index is 0.00000192. The van der Waals surface area contributed by atoms with Gasteiger partial charge in [0, 0.05) is 37.1 Å². The van der Waals surface area contributed by atoms with Crippen LogP contribution in [-0.2, 0) is 17.6 Å². The van der Waals surface area contributed by atoms with Gasteiger partial charge < -0.3 is 10.2 Å². The van der Waals surface area contributed by atoms with E-state index < -0.39 is 0 Å². The van der Waals surface area contributed by atoms with Crippen LogP contribution < -0.4 is 5.32 Å². The van der Waals surface area contributed by atoms with E-state index in [1.54, 1.807) is 11.3 Å². The highest BCUT2D eigenvalue weighted by Crippen LogP contribution is 2.24. The van der Waals surface area contributed by atoms with Crippen LogP contribution in [0.15, 0.2) is 29.6 Å². The second-order valence-corrected chi connectivity index (χ2v) is 6.36. The predicted molar refractivity (Wildman–Crippen MR) is 97.3 cm³/mol. The van der Waals surface area contributed by atoms with E-state index in [2.05, 4.69) is 41.5 Å². The van der Waals surface area contributed by atoms with Gasteiger partial charge in [-0.1, -0.05) is 31.2 Å². The minimum absolute atomic E-state index is 0. The molecule has 0 aliphatic carbocycles. The van der Waals surface area contributed by atoms with E-state index in [0.717, 1.165) is 48.9 Å². The molecule has 1 aromatic heterocycles. The van der Waals surface area contributed by atoms with E-state index in [0.29, 0.717) is 6.42 Å². The summed E-state index contributed by atoms with van der Waals surface area (Å²) in [5, 5.41) is 6.26. The second-order valence-electron chi connectivity index (χ2n) is 5.50. The Morgan fingerprint density at radius 1 is 1.26 bits per heavy atom. The molecule has 0 saturated carbocycles. The van der Waals surface area contributed by atoms with Crippen LogP contribution in [-0.4, -0.2) is 42.0 Å². The molecule has 3 rings (SSSR count). The summed E-state index contributed by atoms with van der Waals surface area (Å²) in [4.78, 5) is 18.8. The maximum absolute atomic E-state index is 12.3. The van der Waals surface area contributed by atoms with E-state index >= 15 is 0 Å². The molecule has 2 aromatic rings. The standard InChI is InChI=1S/C17H21N3OS.ClH/c1-2-13-3-5-14(6-4-13)17-19-15(12-22-17)11-16(21)20-9-7-18-8-10-20;/h3-6,12,18H,2,7-11H2,1H3;1H. The van der Waals surface area contributed by atoms with Gasteiger partial charge in [0.25, 0.3) is 0 Å².